The highest BCUT2D eigenvalue weighted by Gasteiger charge is 2.31. The number of hydrogen-bond donors (Lipinski definition) is 1. The molecule has 1 aromatic carbocycles. The molecular formula is C23H31BrClFN4O3. The van der Waals surface area contributed by atoms with Gasteiger partial charge < -0.3 is 19.7 Å². The molecule has 1 saturated carbocycles. The largest absolute Gasteiger partial charge is 0.444 e. The lowest BCUT2D eigenvalue weighted by Crippen LogP contribution is -2.49. The van der Waals surface area contributed by atoms with E-state index in [-0.39, 0.29) is 29.0 Å². The molecule has 1 amide bonds. The number of rotatable bonds is 10. The number of nitrogens with one attached hydrogen (secondary N) is 1. The van der Waals surface area contributed by atoms with E-state index in [1.807, 2.05) is 20.8 Å². The van der Waals surface area contributed by atoms with Crippen LogP contribution in [0.3, 0.4) is 0 Å². The van der Waals surface area contributed by atoms with E-state index in [0.717, 1.165) is 25.7 Å². The second kappa shape index (κ2) is 11.1. The van der Waals surface area contributed by atoms with Gasteiger partial charge in [-0.25, -0.2) is 19.2 Å². The molecular weight excluding hydrogens is 515 g/mol. The lowest BCUT2D eigenvalue weighted by atomic mass is 10.2. The van der Waals surface area contributed by atoms with Crippen LogP contribution in [0.5, 0.6) is 0 Å². The van der Waals surface area contributed by atoms with Gasteiger partial charge in [0, 0.05) is 18.5 Å². The van der Waals surface area contributed by atoms with Crippen molar-refractivity contribution in [2.75, 3.05) is 25.0 Å². The summed E-state index contributed by atoms with van der Waals surface area (Å²) in [5, 5.41) is 3.68. The summed E-state index contributed by atoms with van der Waals surface area (Å²) >= 11 is 9.25. The minimum atomic E-state index is -0.613. The molecule has 0 radical (unpaired) electrons. The van der Waals surface area contributed by atoms with Gasteiger partial charge in [-0.15, -0.1) is 0 Å². The Bertz CT molecular complexity index is 984. The minimum Gasteiger partial charge on any atom is -0.444 e. The highest BCUT2D eigenvalue weighted by Crippen LogP contribution is 2.29. The van der Waals surface area contributed by atoms with Crippen molar-refractivity contribution in [2.24, 2.45) is 0 Å². The van der Waals surface area contributed by atoms with Gasteiger partial charge in [-0.05, 0) is 79.7 Å². The van der Waals surface area contributed by atoms with Crippen molar-refractivity contribution in [3.63, 3.8) is 0 Å². The van der Waals surface area contributed by atoms with Crippen LogP contribution in [0.25, 0.3) is 10.9 Å². The first-order valence-electron chi connectivity index (χ1n) is 11.3. The summed E-state index contributed by atoms with van der Waals surface area (Å²) in [6.45, 7) is 8.84. The summed E-state index contributed by atoms with van der Waals surface area (Å²) in [5.74, 6) is -0.112. The first-order valence-corrected chi connectivity index (χ1v) is 12.4. The average molecular weight is 546 g/mol. The summed E-state index contributed by atoms with van der Waals surface area (Å²) in [5.41, 5.74) is -0.495. The van der Waals surface area contributed by atoms with E-state index in [9.17, 15) is 9.18 Å². The SMILES string of the molecule is CCCCN(C(=O)OC(C)(C)C)C(CNc1nc(Cl)nc2c(F)c(Br)ccc12)COC1CC1. The van der Waals surface area contributed by atoms with E-state index in [1.165, 1.54) is 0 Å². The number of halogens is 3. The number of ether oxygens (including phenoxy) is 2. The van der Waals surface area contributed by atoms with Crippen LogP contribution in [-0.2, 0) is 9.47 Å². The molecule has 2 aromatic rings. The van der Waals surface area contributed by atoms with Crippen molar-refractivity contribution >= 4 is 50.3 Å². The molecule has 0 bridgehead atoms. The molecule has 33 heavy (non-hydrogen) atoms. The van der Waals surface area contributed by atoms with Gasteiger partial charge in [-0.1, -0.05) is 13.3 Å². The van der Waals surface area contributed by atoms with Crippen molar-refractivity contribution in [3.05, 3.63) is 27.7 Å². The molecule has 1 atom stereocenters. The number of carbonyl (C=O) groups is 1. The van der Waals surface area contributed by atoms with Crippen LogP contribution in [0.2, 0.25) is 5.28 Å². The van der Waals surface area contributed by atoms with Crippen molar-refractivity contribution < 1.29 is 18.7 Å². The number of unbranched alkanes of at least 4 members (excludes halogenated alkanes) is 1. The Kier molecular flexibility index (Phi) is 8.75. The van der Waals surface area contributed by atoms with Gasteiger partial charge in [0.25, 0.3) is 0 Å². The van der Waals surface area contributed by atoms with E-state index in [2.05, 4.69) is 38.1 Å². The van der Waals surface area contributed by atoms with Gasteiger partial charge in [-0.3, -0.25) is 0 Å². The summed E-state index contributed by atoms with van der Waals surface area (Å²) in [6, 6.07) is 3.01. The molecule has 182 valence electrons. The summed E-state index contributed by atoms with van der Waals surface area (Å²) < 4.78 is 26.5. The summed E-state index contributed by atoms with van der Waals surface area (Å²) in [7, 11) is 0. The Balaban J connectivity index is 1.85. The molecule has 0 spiro atoms. The van der Waals surface area contributed by atoms with Gasteiger partial charge in [0.05, 0.1) is 23.2 Å². The molecule has 1 heterocycles. The van der Waals surface area contributed by atoms with Crippen molar-refractivity contribution in [2.45, 2.75) is 71.1 Å². The maximum Gasteiger partial charge on any atom is 0.410 e. The fourth-order valence-electron chi connectivity index (χ4n) is 3.27. The van der Waals surface area contributed by atoms with Crippen LogP contribution in [0.1, 0.15) is 53.4 Å². The second-order valence-corrected chi connectivity index (χ2v) is 10.4. The van der Waals surface area contributed by atoms with Gasteiger partial charge in [0.15, 0.2) is 5.82 Å². The van der Waals surface area contributed by atoms with Crippen molar-refractivity contribution in [1.29, 1.82) is 0 Å². The smallest absolute Gasteiger partial charge is 0.410 e. The van der Waals surface area contributed by atoms with E-state index in [1.54, 1.807) is 17.0 Å². The number of anilines is 1. The Morgan fingerprint density at radius 1 is 1.36 bits per heavy atom. The van der Waals surface area contributed by atoms with E-state index < -0.39 is 11.4 Å². The third kappa shape index (κ3) is 7.39. The zero-order chi connectivity index (χ0) is 24.2. The Morgan fingerprint density at radius 2 is 2.09 bits per heavy atom. The number of nitrogens with zero attached hydrogens (tertiary/aromatic N) is 3. The molecule has 1 aliphatic carbocycles. The molecule has 7 nitrogen and oxygen atoms in total. The van der Waals surface area contributed by atoms with E-state index in [0.29, 0.717) is 35.4 Å². The number of aromatic nitrogens is 2. The van der Waals surface area contributed by atoms with Gasteiger partial charge in [0.1, 0.15) is 16.9 Å². The highest BCUT2D eigenvalue weighted by molar-refractivity contribution is 9.10. The standard InChI is InChI=1S/C23H31BrClFN4O3/c1-5-6-11-30(22(31)33-23(2,3)4)14(13-32-15-7-8-15)12-27-20-16-9-10-17(24)18(26)19(16)28-21(25)29-20/h9-10,14-15H,5-8,11-13H2,1-4H3,(H,27,28,29). The fraction of sp³-hybridized carbons (Fsp3) is 0.609. The Morgan fingerprint density at radius 3 is 2.73 bits per heavy atom. The molecule has 1 N–H and O–H groups in total. The molecule has 10 heteroatoms. The number of carbonyl (C=O) groups excluding carboxylic acids is 1. The van der Waals surface area contributed by atoms with Gasteiger partial charge in [-0.2, -0.15) is 0 Å². The van der Waals surface area contributed by atoms with Crippen molar-refractivity contribution in [1.82, 2.24) is 14.9 Å². The molecule has 1 aromatic heterocycles. The van der Waals surface area contributed by atoms with Crippen LogP contribution >= 0.6 is 27.5 Å². The normalized spacial score (nSPS) is 14.9. The molecule has 3 rings (SSSR count). The first kappa shape index (κ1) is 25.9. The molecule has 1 unspecified atom stereocenters. The van der Waals surface area contributed by atoms with E-state index in [4.69, 9.17) is 21.1 Å². The lowest BCUT2D eigenvalue weighted by Gasteiger charge is -2.34. The predicted octanol–water partition coefficient (Wildman–Crippen LogP) is 6.18. The zero-order valence-corrected chi connectivity index (χ0v) is 21.8. The average Bonchev–Trinajstić information content (AvgIpc) is 3.55. The van der Waals surface area contributed by atoms with Crippen molar-refractivity contribution in [3.8, 4) is 0 Å². The van der Waals surface area contributed by atoms with Crippen LogP contribution in [0.15, 0.2) is 16.6 Å². The van der Waals surface area contributed by atoms with Gasteiger partial charge >= 0.3 is 6.09 Å². The Labute approximate surface area is 207 Å². The van der Waals surface area contributed by atoms with Crippen LogP contribution < -0.4 is 5.32 Å². The third-order valence-electron chi connectivity index (χ3n) is 5.11. The molecule has 0 aliphatic heterocycles. The Hall–Kier alpha value is -1.71. The number of amides is 1. The van der Waals surface area contributed by atoms with Gasteiger partial charge in [0.2, 0.25) is 5.28 Å². The third-order valence-corrected chi connectivity index (χ3v) is 5.89. The molecule has 1 fully saturated rings. The zero-order valence-electron chi connectivity index (χ0n) is 19.5. The molecule has 0 saturated heterocycles. The van der Waals surface area contributed by atoms with Crippen LogP contribution in [-0.4, -0.2) is 58.4 Å². The highest BCUT2D eigenvalue weighted by atomic mass is 79.9. The number of benzene rings is 1. The minimum absolute atomic E-state index is 0.0669. The van der Waals surface area contributed by atoms with E-state index >= 15 is 0 Å². The number of fused-ring (bicyclic) bond motifs is 1. The maximum absolute atomic E-state index is 14.6. The molecule has 1 aliphatic rings. The second-order valence-electron chi connectivity index (χ2n) is 9.19. The van der Waals surface area contributed by atoms with Crippen LogP contribution in [0.4, 0.5) is 15.0 Å². The topological polar surface area (TPSA) is 76.6 Å². The summed E-state index contributed by atoms with van der Waals surface area (Å²) in [4.78, 5) is 23.1. The quantitative estimate of drug-likeness (QED) is 0.359. The van der Waals surface area contributed by atoms with Crippen LogP contribution in [0, 0.1) is 5.82 Å². The predicted molar refractivity (Wildman–Crippen MR) is 131 cm³/mol. The monoisotopic (exact) mass is 544 g/mol. The fourth-order valence-corrected chi connectivity index (χ4v) is 3.76. The number of hydrogen-bond acceptors (Lipinski definition) is 6. The summed E-state index contributed by atoms with van der Waals surface area (Å²) in [6.07, 6.45) is 3.68. The maximum atomic E-state index is 14.6. The lowest BCUT2D eigenvalue weighted by molar-refractivity contribution is 0.000582. The first-order chi connectivity index (χ1) is 15.6.